The standard InChI is InChI=1S/C19H21FN2O2/c20-15-9-7-14(8-10-15)13-24-18-6-2-1-5-17(18)19(23)22-16-4-3-11-21-12-16/h1-2,5-10,16,21H,3-4,11-13H2,(H,22,23)/t16-/m0/s1. The zero-order chi connectivity index (χ0) is 16.8. The number of para-hydroxylation sites is 1. The fourth-order valence-electron chi connectivity index (χ4n) is 2.76. The van der Waals surface area contributed by atoms with Crippen molar-refractivity contribution in [1.29, 1.82) is 0 Å². The molecule has 24 heavy (non-hydrogen) atoms. The molecule has 0 unspecified atom stereocenters. The number of rotatable bonds is 5. The second-order valence-corrected chi connectivity index (χ2v) is 5.93. The lowest BCUT2D eigenvalue weighted by Gasteiger charge is -2.24. The Morgan fingerprint density at radius 2 is 2.00 bits per heavy atom. The molecule has 0 bridgehead atoms. The molecular formula is C19H21FN2O2. The van der Waals surface area contributed by atoms with Crippen LogP contribution >= 0.6 is 0 Å². The van der Waals surface area contributed by atoms with Crippen LogP contribution in [0.5, 0.6) is 5.75 Å². The van der Waals surface area contributed by atoms with Crippen LogP contribution in [0.3, 0.4) is 0 Å². The maximum Gasteiger partial charge on any atom is 0.255 e. The number of hydrogen-bond acceptors (Lipinski definition) is 3. The zero-order valence-electron chi connectivity index (χ0n) is 13.4. The quantitative estimate of drug-likeness (QED) is 0.887. The highest BCUT2D eigenvalue weighted by atomic mass is 19.1. The Labute approximate surface area is 141 Å². The molecule has 1 aliphatic rings. The fraction of sp³-hybridized carbons (Fsp3) is 0.316. The summed E-state index contributed by atoms with van der Waals surface area (Å²) in [5, 5.41) is 6.33. The van der Waals surface area contributed by atoms with Crippen LogP contribution in [0.15, 0.2) is 48.5 Å². The van der Waals surface area contributed by atoms with Gasteiger partial charge in [0.15, 0.2) is 0 Å². The van der Waals surface area contributed by atoms with Gasteiger partial charge in [0.25, 0.3) is 5.91 Å². The summed E-state index contributed by atoms with van der Waals surface area (Å²) in [6, 6.07) is 13.5. The van der Waals surface area contributed by atoms with Crippen LogP contribution in [0.4, 0.5) is 4.39 Å². The van der Waals surface area contributed by atoms with Gasteiger partial charge in [0.05, 0.1) is 5.56 Å². The lowest BCUT2D eigenvalue weighted by Crippen LogP contribution is -2.45. The number of piperidine rings is 1. The summed E-state index contributed by atoms with van der Waals surface area (Å²) in [6.45, 7) is 2.09. The number of hydrogen-bond donors (Lipinski definition) is 2. The number of benzene rings is 2. The van der Waals surface area contributed by atoms with E-state index in [0.29, 0.717) is 11.3 Å². The Hall–Kier alpha value is -2.40. The van der Waals surface area contributed by atoms with Crippen molar-refractivity contribution in [3.05, 3.63) is 65.5 Å². The van der Waals surface area contributed by atoms with Crippen LogP contribution in [0, 0.1) is 5.82 Å². The van der Waals surface area contributed by atoms with E-state index in [-0.39, 0.29) is 24.4 Å². The van der Waals surface area contributed by atoms with Crippen molar-refractivity contribution >= 4 is 5.91 Å². The van der Waals surface area contributed by atoms with Gasteiger partial charge in [-0.05, 0) is 49.2 Å². The Morgan fingerprint density at radius 1 is 1.21 bits per heavy atom. The molecule has 4 nitrogen and oxygen atoms in total. The lowest BCUT2D eigenvalue weighted by atomic mass is 10.1. The molecular weight excluding hydrogens is 307 g/mol. The van der Waals surface area contributed by atoms with Gasteiger partial charge in [-0.1, -0.05) is 24.3 Å². The monoisotopic (exact) mass is 328 g/mol. The second kappa shape index (κ2) is 7.93. The summed E-state index contributed by atoms with van der Waals surface area (Å²) in [5.74, 6) is 0.126. The largest absolute Gasteiger partial charge is 0.488 e. The molecule has 126 valence electrons. The summed E-state index contributed by atoms with van der Waals surface area (Å²) in [5.41, 5.74) is 1.37. The molecule has 1 atom stereocenters. The number of amides is 1. The molecule has 0 radical (unpaired) electrons. The Bertz CT molecular complexity index is 682. The minimum atomic E-state index is -0.278. The molecule has 1 heterocycles. The first-order valence-corrected chi connectivity index (χ1v) is 8.20. The van der Waals surface area contributed by atoms with E-state index in [1.54, 1.807) is 24.3 Å². The molecule has 2 aromatic carbocycles. The molecule has 0 aliphatic carbocycles. The zero-order valence-corrected chi connectivity index (χ0v) is 13.4. The molecule has 2 N–H and O–H groups in total. The topological polar surface area (TPSA) is 50.4 Å². The highest BCUT2D eigenvalue weighted by Gasteiger charge is 2.18. The minimum Gasteiger partial charge on any atom is -0.488 e. The van der Waals surface area contributed by atoms with Gasteiger partial charge in [0.2, 0.25) is 0 Å². The molecule has 5 heteroatoms. The number of halogens is 1. The maximum absolute atomic E-state index is 12.9. The fourth-order valence-corrected chi connectivity index (χ4v) is 2.76. The summed E-state index contributed by atoms with van der Waals surface area (Å²) < 4.78 is 18.7. The van der Waals surface area contributed by atoms with E-state index in [1.165, 1.54) is 12.1 Å². The van der Waals surface area contributed by atoms with Gasteiger partial charge in [-0.15, -0.1) is 0 Å². The molecule has 1 amide bonds. The van der Waals surface area contributed by atoms with E-state index >= 15 is 0 Å². The number of carbonyl (C=O) groups excluding carboxylic acids is 1. The van der Waals surface area contributed by atoms with Gasteiger partial charge in [-0.25, -0.2) is 4.39 Å². The van der Waals surface area contributed by atoms with Gasteiger partial charge in [0.1, 0.15) is 18.2 Å². The third-order valence-electron chi connectivity index (χ3n) is 4.07. The van der Waals surface area contributed by atoms with Gasteiger partial charge >= 0.3 is 0 Å². The SMILES string of the molecule is O=C(N[C@H]1CCCNC1)c1ccccc1OCc1ccc(F)cc1. The predicted octanol–water partition coefficient (Wildman–Crippen LogP) is 2.89. The molecule has 0 saturated carbocycles. The van der Waals surface area contributed by atoms with Crippen LogP contribution < -0.4 is 15.4 Å². The first kappa shape index (κ1) is 16.5. The molecule has 3 rings (SSSR count). The summed E-state index contributed by atoms with van der Waals surface area (Å²) in [7, 11) is 0. The molecule has 0 spiro atoms. The molecule has 1 saturated heterocycles. The smallest absolute Gasteiger partial charge is 0.255 e. The predicted molar refractivity (Wildman–Crippen MR) is 90.5 cm³/mol. The highest BCUT2D eigenvalue weighted by Crippen LogP contribution is 2.20. The van der Waals surface area contributed by atoms with Crippen LogP contribution in [0.25, 0.3) is 0 Å². The first-order chi connectivity index (χ1) is 11.7. The third kappa shape index (κ3) is 4.32. The third-order valence-corrected chi connectivity index (χ3v) is 4.07. The minimum absolute atomic E-state index is 0.126. The molecule has 0 aromatic heterocycles. The molecule has 1 fully saturated rings. The average Bonchev–Trinajstić information content (AvgIpc) is 2.62. The van der Waals surface area contributed by atoms with E-state index in [9.17, 15) is 9.18 Å². The number of ether oxygens (including phenoxy) is 1. The highest BCUT2D eigenvalue weighted by molar-refractivity contribution is 5.97. The maximum atomic E-state index is 12.9. The number of nitrogens with one attached hydrogen (secondary N) is 2. The Balaban J connectivity index is 1.65. The van der Waals surface area contributed by atoms with E-state index in [0.717, 1.165) is 31.5 Å². The number of carbonyl (C=O) groups is 1. The average molecular weight is 328 g/mol. The summed E-state index contributed by atoms with van der Waals surface area (Å²) >= 11 is 0. The summed E-state index contributed by atoms with van der Waals surface area (Å²) in [4.78, 5) is 12.5. The summed E-state index contributed by atoms with van der Waals surface area (Å²) in [6.07, 6.45) is 2.05. The lowest BCUT2D eigenvalue weighted by molar-refractivity contribution is 0.0926. The Kier molecular flexibility index (Phi) is 5.43. The van der Waals surface area contributed by atoms with E-state index in [1.807, 2.05) is 12.1 Å². The molecule has 2 aromatic rings. The van der Waals surface area contributed by atoms with Gasteiger partial charge < -0.3 is 15.4 Å². The Morgan fingerprint density at radius 3 is 2.75 bits per heavy atom. The van der Waals surface area contributed by atoms with Crippen LogP contribution in [-0.4, -0.2) is 25.0 Å². The van der Waals surface area contributed by atoms with Crippen molar-refractivity contribution in [3.63, 3.8) is 0 Å². The van der Waals surface area contributed by atoms with E-state index < -0.39 is 0 Å². The van der Waals surface area contributed by atoms with Crippen molar-refractivity contribution in [1.82, 2.24) is 10.6 Å². The van der Waals surface area contributed by atoms with Gasteiger partial charge in [-0.3, -0.25) is 4.79 Å². The van der Waals surface area contributed by atoms with Crippen molar-refractivity contribution in [2.45, 2.75) is 25.5 Å². The first-order valence-electron chi connectivity index (χ1n) is 8.20. The van der Waals surface area contributed by atoms with Crippen molar-refractivity contribution in [2.75, 3.05) is 13.1 Å². The van der Waals surface area contributed by atoms with Crippen molar-refractivity contribution < 1.29 is 13.9 Å². The second-order valence-electron chi connectivity index (χ2n) is 5.93. The van der Waals surface area contributed by atoms with E-state index in [4.69, 9.17) is 4.74 Å². The normalized spacial score (nSPS) is 17.3. The van der Waals surface area contributed by atoms with Crippen LogP contribution in [-0.2, 0) is 6.61 Å². The van der Waals surface area contributed by atoms with Gasteiger partial charge in [-0.2, -0.15) is 0 Å². The van der Waals surface area contributed by atoms with Crippen LogP contribution in [0.1, 0.15) is 28.8 Å². The van der Waals surface area contributed by atoms with Gasteiger partial charge in [0, 0.05) is 12.6 Å². The van der Waals surface area contributed by atoms with E-state index in [2.05, 4.69) is 10.6 Å². The van der Waals surface area contributed by atoms with Crippen molar-refractivity contribution in [3.8, 4) is 5.75 Å². The van der Waals surface area contributed by atoms with Crippen LogP contribution in [0.2, 0.25) is 0 Å². The van der Waals surface area contributed by atoms with Crippen molar-refractivity contribution in [2.24, 2.45) is 0 Å². The molecule has 1 aliphatic heterocycles.